The Labute approximate surface area is 117 Å². The maximum atomic E-state index is 5.73. The lowest BCUT2D eigenvalue weighted by Crippen LogP contribution is -2.42. The van der Waals surface area contributed by atoms with Gasteiger partial charge in [-0.05, 0) is 47.0 Å². The quantitative estimate of drug-likeness (QED) is 0.699. The van der Waals surface area contributed by atoms with Crippen molar-refractivity contribution in [1.82, 2.24) is 10.2 Å². The van der Waals surface area contributed by atoms with Gasteiger partial charge in [0.05, 0.1) is 12.9 Å². The van der Waals surface area contributed by atoms with Crippen molar-refractivity contribution in [3.05, 3.63) is 23.7 Å². The number of nitrogens with one attached hydrogen (secondary N) is 1. The van der Waals surface area contributed by atoms with E-state index in [1.54, 1.807) is 6.26 Å². The van der Waals surface area contributed by atoms with Gasteiger partial charge in [0.1, 0.15) is 12.4 Å². The zero-order valence-corrected chi connectivity index (χ0v) is 13.0. The second-order valence-corrected chi connectivity index (χ2v) is 5.80. The Kier molecular flexibility index (Phi) is 6.55. The van der Waals surface area contributed by atoms with Crippen LogP contribution in [0.3, 0.4) is 0 Å². The number of hydrogen-bond donors (Lipinski definition) is 1. The van der Waals surface area contributed by atoms with Crippen molar-refractivity contribution < 1.29 is 9.15 Å². The van der Waals surface area contributed by atoms with E-state index in [2.05, 4.69) is 51.1 Å². The molecule has 1 aromatic rings. The van der Waals surface area contributed by atoms with E-state index in [0.29, 0.717) is 13.2 Å². The fourth-order valence-electron chi connectivity index (χ4n) is 1.53. The van der Waals surface area contributed by atoms with E-state index in [9.17, 15) is 0 Å². The summed E-state index contributed by atoms with van der Waals surface area (Å²) < 4.78 is 11.2. The van der Waals surface area contributed by atoms with Crippen LogP contribution in [0.1, 0.15) is 38.5 Å². The summed E-state index contributed by atoms with van der Waals surface area (Å²) in [4.78, 5) is 2.16. The van der Waals surface area contributed by atoms with Gasteiger partial charge in [-0.25, -0.2) is 0 Å². The molecule has 0 fully saturated rings. The molecule has 0 aliphatic rings. The van der Waals surface area contributed by atoms with Crippen LogP contribution in [-0.2, 0) is 17.9 Å². The smallest absolute Gasteiger partial charge is 0.129 e. The SMILES string of the molecule is CCCNCc1coc(COCC(C)(C)N(C)C)c1. The number of furan rings is 1. The maximum absolute atomic E-state index is 5.73. The Morgan fingerprint density at radius 1 is 1.37 bits per heavy atom. The van der Waals surface area contributed by atoms with E-state index in [0.717, 1.165) is 25.3 Å². The van der Waals surface area contributed by atoms with Gasteiger partial charge in [0.15, 0.2) is 0 Å². The summed E-state index contributed by atoms with van der Waals surface area (Å²) in [7, 11) is 4.13. The van der Waals surface area contributed by atoms with E-state index >= 15 is 0 Å². The Balaban J connectivity index is 2.30. The standard InChI is InChI=1S/C15H28N2O2/c1-6-7-16-9-13-8-14(19-10-13)11-18-12-15(2,3)17(4)5/h8,10,16H,6-7,9,11-12H2,1-5H3. The highest BCUT2D eigenvalue weighted by Gasteiger charge is 2.20. The lowest BCUT2D eigenvalue weighted by atomic mass is 10.1. The first-order valence-electron chi connectivity index (χ1n) is 6.98. The molecule has 4 heteroatoms. The van der Waals surface area contributed by atoms with Crippen LogP contribution >= 0.6 is 0 Å². The fourth-order valence-corrected chi connectivity index (χ4v) is 1.53. The molecule has 0 saturated carbocycles. The molecule has 0 saturated heterocycles. The normalized spacial score (nSPS) is 12.3. The molecule has 110 valence electrons. The van der Waals surface area contributed by atoms with Crippen LogP contribution in [0.4, 0.5) is 0 Å². The summed E-state index contributed by atoms with van der Waals surface area (Å²) in [5.74, 6) is 0.892. The monoisotopic (exact) mass is 268 g/mol. The van der Waals surface area contributed by atoms with Gasteiger partial charge in [-0.1, -0.05) is 6.92 Å². The zero-order valence-electron chi connectivity index (χ0n) is 13.0. The summed E-state index contributed by atoms with van der Waals surface area (Å²) in [6, 6.07) is 2.06. The van der Waals surface area contributed by atoms with E-state index < -0.39 is 0 Å². The highest BCUT2D eigenvalue weighted by molar-refractivity contribution is 5.12. The molecule has 0 aliphatic carbocycles. The Hall–Kier alpha value is -0.840. The van der Waals surface area contributed by atoms with E-state index in [1.165, 1.54) is 5.56 Å². The molecule has 0 aliphatic heterocycles. The van der Waals surface area contributed by atoms with Crippen LogP contribution < -0.4 is 5.32 Å². The van der Waals surface area contributed by atoms with Crippen LogP contribution in [-0.4, -0.2) is 37.7 Å². The molecule has 1 rings (SSSR count). The van der Waals surface area contributed by atoms with Gasteiger partial charge in [0, 0.05) is 17.6 Å². The highest BCUT2D eigenvalue weighted by atomic mass is 16.5. The third kappa shape index (κ3) is 5.76. The highest BCUT2D eigenvalue weighted by Crippen LogP contribution is 2.13. The first-order chi connectivity index (χ1) is 8.95. The van der Waals surface area contributed by atoms with Crippen molar-refractivity contribution in [3.63, 3.8) is 0 Å². The van der Waals surface area contributed by atoms with Gasteiger partial charge in [-0.3, -0.25) is 0 Å². The second kappa shape index (κ2) is 7.68. The first kappa shape index (κ1) is 16.2. The van der Waals surface area contributed by atoms with Gasteiger partial charge in [0.2, 0.25) is 0 Å². The summed E-state index contributed by atoms with van der Waals surface area (Å²) in [5.41, 5.74) is 1.22. The molecule has 0 amide bonds. The average Bonchev–Trinajstić information content (AvgIpc) is 2.77. The fraction of sp³-hybridized carbons (Fsp3) is 0.733. The lowest BCUT2D eigenvalue weighted by Gasteiger charge is -2.31. The molecule has 0 unspecified atom stereocenters. The molecule has 4 nitrogen and oxygen atoms in total. The number of nitrogens with zero attached hydrogens (tertiary/aromatic N) is 1. The molecule has 1 heterocycles. The van der Waals surface area contributed by atoms with Gasteiger partial charge >= 0.3 is 0 Å². The lowest BCUT2D eigenvalue weighted by molar-refractivity contribution is 0.0209. The minimum atomic E-state index is 0.0398. The number of likely N-dealkylation sites (N-methyl/N-ethyl adjacent to an activating group) is 1. The minimum Gasteiger partial charge on any atom is -0.467 e. The molecule has 19 heavy (non-hydrogen) atoms. The van der Waals surface area contributed by atoms with Crippen LogP contribution in [0.2, 0.25) is 0 Å². The molecule has 0 aromatic carbocycles. The molecule has 0 bridgehead atoms. The summed E-state index contributed by atoms with van der Waals surface area (Å²) in [6.07, 6.45) is 2.95. The van der Waals surface area contributed by atoms with Crippen molar-refractivity contribution in [2.24, 2.45) is 0 Å². The van der Waals surface area contributed by atoms with Gasteiger partial charge in [0.25, 0.3) is 0 Å². The van der Waals surface area contributed by atoms with Crippen molar-refractivity contribution in [2.75, 3.05) is 27.2 Å². The van der Waals surface area contributed by atoms with Crippen molar-refractivity contribution in [1.29, 1.82) is 0 Å². The largest absolute Gasteiger partial charge is 0.467 e. The van der Waals surface area contributed by atoms with Gasteiger partial charge < -0.3 is 19.4 Å². The van der Waals surface area contributed by atoms with E-state index in [1.807, 2.05) is 0 Å². The zero-order chi connectivity index (χ0) is 14.3. The average molecular weight is 268 g/mol. The topological polar surface area (TPSA) is 37.6 Å². The Morgan fingerprint density at radius 3 is 2.74 bits per heavy atom. The molecule has 1 N–H and O–H groups in total. The molecule has 1 aromatic heterocycles. The van der Waals surface area contributed by atoms with Crippen molar-refractivity contribution in [3.8, 4) is 0 Å². The molecule has 0 atom stereocenters. The summed E-state index contributed by atoms with van der Waals surface area (Å²) >= 11 is 0. The van der Waals surface area contributed by atoms with E-state index in [4.69, 9.17) is 9.15 Å². The van der Waals surface area contributed by atoms with Gasteiger partial charge in [-0.2, -0.15) is 0 Å². The Bertz CT molecular complexity index is 359. The molecular formula is C15H28N2O2. The number of rotatable bonds is 9. The summed E-state index contributed by atoms with van der Waals surface area (Å²) in [5, 5.41) is 3.35. The predicted molar refractivity (Wildman–Crippen MR) is 78.1 cm³/mol. The van der Waals surface area contributed by atoms with Crippen LogP contribution in [0.15, 0.2) is 16.7 Å². The molecule has 0 spiro atoms. The van der Waals surface area contributed by atoms with Crippen molar-refractivity contribution >= 4 is 0 Å². The third-order valence-electron chi connectivity index (χ3n) is 3.37. The first-order valence-corrected chi connectivity index (χ1v) is 6.98. The van der Waals surface area contributed by atoms with Gasteiger partial charge in [-0.15, -0.1) is 0 Å². The molecular weight excluding hydrogens is 240 g/mol. The van der Waals surface area contributed by atoms with Crippen LogP contribution in [0.5, 0.6) is 0 Å². The predicted octanol–water partition coefficient (Wildman–Crippen LogP) is 2.64. The molecule has 0 radical (unpaired) electrons. The van der Waals surface area contributed by atoms with Crippen LogP contribution in [0.25, 0.3) is 0 Å². The third-order valence-corrected chi connectivity index (χ3v) is 3.37. The second-order valence-electron chi connectivity index (χ2n) is 5.80. The summed E-state index contributed by atoms with van der Waals surface area (Å²) in [6.45, 7) is 9.60. The minimum absolute atomic E-state index is 0.0398. The van der Waals surface area contributed by atoms with E-state index in [-0.39, 0.29) is 5.54 Å². The van der Waals surface area contributed by atoms with Crippen molar-refractivity contribution in [2.45, 2.75) is 45.9 Å². The van der Waals surface area contributed by atoms with Crippen LogP contribution in [0, 0.1) is 0 Å². The maximum Gasteiger partial charge on any atom is 0.129 e. The Morgan fingerprint density at radius 2 is 2.11 bits per heavy atom. The number of ether oxygens (including phenoxy) is 1. The number of hydrogen-bond acceptors (Lipinski definition) is 4.